The van der Waals surface area contributed by atoms with Gasteiger partial charge in [-0.2, -0.15) is 0 Å². The highest BCUT2D eigenvalue weighted by atomic mass is 32.1. The second-order valence-corrected chi connectivity index (χ2v) is 7.75. The zero-order valence-electron chi connectivity index (χ0n) is 14.1. The Morgan fingerprint density at radius 2 is 1.88 bits per heavy atom. The summed E-state index contributed by atoms with van der Waals surface area (Å²) in [6, 6.07) is 8.61. The molecule has 132 valence electrons. The number of amides is 2. The van der Waals surface area contributed by atoms with Gasteiger partial charge in [0.15, 0.2) is 0 Å². The first-order valence-electron chi connectivity index (χ1n) is 8.80. The summed E-state index contributed by atoms with van der Waals surface area (Å²) in [6.45, 7) is 3.71. The largest absolute Gasteiger partial charge is 0.324 e. The lowest BCUT2D eigenvalue weighted by Crippen LogP contribution is -2.48. The Hall–Kier alpha value is -1.92. The summed E-state index contributed by atoms with van der Waals surface area (Å²) in [4.78, 5) is 18.3. The summed E-state index contributed by atoms with van der Waals surface area (Å²) >= 11 is 1.87. The van der Waals surface area contributed by atoms with Crippen molar-refractivity contribution in [3.05, 3.63) is 52.0 Å². The summed E-state index contributed by atoms with van der Waals surface area (Å²) in [5, 5.41) is 5.04. The monoisotopic (exact) mass is 359 g/mol. The van der Waals surface area contributed by atoms with Gasteiger partial charge >= 0.3 is 6.03 Å². The Labute approximate surface area is 151 Å². The Bertz CT molecular complexity index is 737. The molecule has 3 heterocycles. The van der Waals surface area contributed by atoms with Crippen LogP contribution in [0.1, 0.15) is 23.3 Å². The first kappa shape index (κ1) is 16.5. The lowest BCUT2D eigenvalue weighted by atomic mass is 10.00. The van der Waals surface area contributed by atoms with Crippen LogP contribution < -0.4 is 5.32 Å². The fourth-order valence-corrected chi connectivity index (χ4v) is 4.64. The van der Waals surface area contributed by atoms with E-state index in [1.165, 1.54) is 22.6 Å². The van der Waals surface area contributed by atoms with Gasteiger partial charge in [-0.25, -0.2) is 9.18 Å². The number of rotatable bonds is 2. The zero-order chi connectivity index (χ0) is 17.2. The number of nitrogens with one attached hydrogen (secondary N) is 1. The third-order valence-corrected chi connectivity index (χ3v) is 6.22. The Morgan fingerprint density at radius 1 is 1.12 bits per heavy atom. The van der Waals surface area contributed by atoms with Gasteiger partial charge in [0.1, 0.15) is 5.82 Å². The Morgan fingerprint density at radius 3 is 2.64 bits per heavy atom. The number of piperidine rings is 1. The summed E-state index contributed by atoms with van der Waals surface area (Å²) in [6.07, 6.45) is 3.17. The van der Waals surface area contributed by atoms with Crippen LogP contribution in [0, 0.1) is 5.82 Å². The van der Waals surface area contributed by atoms with E-state index >= 15 is 0 Å². The van der Waals surface area contributed by atoms with Crippen LogP contribution >= 0.6 is 11.3 Å². The number of carbonyl (C=O) groups is 1. The molecule has 2 aliphatic heterocycles. The van der Waals surface area contributed by atoms with Gasteiger partial charge in [0.2, 0.25) is 0 Å². The summed E-state index contributed by atoms with van der Waals surface area (Å²) in [5.74, 6) is -0.297. The summed E-state index contributed by atoms with van der Waals surface area (Å²) < 4.78 is 12.9. The van der Waals surface area contributed by atoms with Gasteiger partial charge in [0.25, 0.3) is 0 Å². The Kier molecular flexibility index (Phi) is 4.72. The molecule has 1 N–H and O–H groups in total. The minimum absolute atomic E-state index is 0.0937. The van der Waals surface area contributed by atoms with Crippen LogP contribution in [-0.2, 0) is 13.0 Å². The maximum absolute atomic E-state index is 12.9. The molecule has 2 aliphatic rings. The maximum atomic E-state index is 12.9. The normalized spacial score (nSPS) is 18.8. The van der Waals surface area contributed by atoms with Crippen LogP contribution in [0.4, 0.5) is 14.9 Å². The summed E-state index contributed by atoms with van der Waals surface area (Å²) in [5.41, 5.74) is 2.11. The van der Waals surface area contributed by atoms with Crippen molar-refractivity contribution in [2.24, 2.45) is 0 Å². The van der Waals surface area contributed by atoms with Crippen molar-refractivity contribution in [3.63, 3.8) is 0 Å². The molecule has 4 nitrogen and oxygen atoms in total. The fraction of sp³-hybridized carbons (Fsp3) is 0.421. The molecule has 25 heavy (non-hydrogen) atoms. The third kappa shape index (κ3) is 3.70. The van der Waals surface area contributed by atoms with E-state index in [0.29, 0.717) is 11.7 Å². The molecule has 0 bridgehead atoms. The quantitative estimate of drug-likeness (QED) is 0.881. The molecule has 2 amide bonds. The Balaban J connectivity index is 1.29. The second kappa shape index (κ2) is 7.14. The van der Waals surface area contributed by atoms with Crippen LogP contribution in [0.2, 0.25) is 0 Å². The van der Waals surface area contributed by atoms with E-state index in [2.05, 4.69) is 21.7 Å². The molecule has 0 radical (unpaired) electrons. The number of nitrogens with zero attached hydrogens (tertiary/aromatic N) is 2. The van der Waals surface area contributed by atoms with Crippen LogP contribution in [0.25, 0.3) is 0 Å². The molecule has 1 fully saturated rings. The van der Waals surface area contributed by atoms with Gasteiger partial charge in [0.05, 0.1) is 0 Å². The van der Waals surface area contributed by atoms with Gasteiger partial charge < -0.3 is 10.2 Å². The van der Waals surface area contributed by atoms with E-state index < -0.39 is 0 Å². The molecule has 0 spiro atoms. The number of hydrogen-bond acceptors (Lipinski definition) is 3. The van der Waals surface area contributed by atoms with Crippen LogP contribution in [0.15, 0.2) is 35.7 Å². The van der Waals surface area contributed by atoms with Gasteiger partial charge in [-0.05, 0) is 60.5 Å². The summed E-state index contributed by atoms with van der Waals surface area (Å²) in [7, 11) is 0. The number of urea groups is 1. The van der Waals surface area contributed by atoms with Crippen molar-refractivity contribution in [1.82, 2.24) is 9.80 Å². The van der Waals surface area contributed by atoms with E-state index in [4.69, 9.17) is 0 Å². The molecule has 2 aromatic rings. The highest BCUT2D eigenvalue weighted by Crippen LogP contribution is 2.28. The number of benzene rings is 1. The molecular formula is C19H22FN3OS. The standard InChI is InChI=1S/C19H22FN3OS/c20-15-1-3-16(4-2-15)21-19(24)22-9-5-17(6-10-22)23-11-7-18-14(13-23)8-12-25-18/h1-4,8,12,17H,5-7,9-11,13H2,(H,21,24). The smallest absolute Gasteiger partial charge is 0.321 e. The second-order valence-electron chi connectivity index (χ2n) is 6.74. The van der Waals surface area contributed by atoms with E-state index in [1.54, 1.807) is 12.1 Å². The van der Waals surface area contributed by atoms with Crippen molar-refractivity contribution in [2.75, 3.05) is 25.0 Å². The van der Waals surface area contributed by atoms with Crippen LogP contribution in [-0.4, -0.2) is 41.5 Å². The van der Waals surface area contributed by atoms with Gasteiger partial charge in [-0.1, -0.05) is 0 Å². The van der Waals surface area contributed by atoms with E-state index in [9.17, 15) is 9.18 Å². The van der Waals surface area contributed by atoms with Crippen molar-refractivity contribution >= 4 is 23.1 Å². The molecule has 1 saturated heterocycles. The molecule has 4 rings (SSSR count). The zero-order valence-corrected chi connectivity index (χ0v) is 14.9. The number of thiophene rings is 1. The number of hydrogen-bond donors (Lipinski definition) is 1. The lowest BCUT2D eigenvalue weighted by molar-refractivity contribution is 0.111. The van der Waals surface area contributed by atoms with Crippen molar-refractivity contribution in [3.8, 4) is 0 Å². The average molecular weight is 359 g/mol. The fourth-order valence-electron chi connectivity index (χ4n) is 3.75. The minimum Gasteiger partial charge on any atom is -0.324 e. The van der Waals surface area contributed by atoms with Crippen molar-refractivity contribution < 1.29 is 9.18 Å². The predicted molar refractivity (Wildman–Crippen MR) is 98.4 cm³/mol. The average Bonchev–Trinajstić information content (AvgIpc) is 3.11. The van der Waals surface area contributed by atoms with Crippen LogP contribution in [0.5, 0.6) is 0 Å². The van der Waals surface area contributed by atoms with Gasteiger partial charge in [-0.15, -0.1) is 11.3 Å². The number of carbonyl (C=O) groups excluding carboxylic acids is 1. The molecule has 0 unspecified atom stereocenters. The topological polar surface area (TPSA) is 35.6 Å². The first-order valence-corrected chi connectivity index (χ1v) is 9.68. The molecule has 1 aromatic heterocycles. The van der Waals surface area contributed by atoms with Crippen molar-refractivity contribution in [2.45, 2.75) is 31.8 Å². The lowest BCUT2D eigenvalue weighted by Gasteiger charge is -2.40. The minimum atomic E-state index is -0.297. The van der Waals surface area contributed by atoms with Gasteiger partial charge in [0, 0.05) is 42.8 Å². The number of halogens is 1. The van der Waals surface area contributed by atoms with Gasteiger partial charge in [-0.3, -0.25) is 4.90 Å². The van der Waals surface area contributed by atoms with Crippen LogP contribution in [0.3, 0.4) is 0 Å². The molecular weight excluding hydrogens is 337 g/mol. The highest BCUT2D eigenvalue weighted by Gasteiger charge is 2.29. The van der Waals surface area contributed by atoms with E-state index in [1.807, 2.05) is 16.2 Å². The maximum Gasteiger partial charge on any atom is 0.321 e. The molecule has 0 saturated carbocycles. The first-order chi connectivity index (χ1) is 12.2. The SMILES string of the molecule is O=C(Nc1ccc(F)cc1)N1CCC(N2CCc3sccc3C2)CC1. The number of likely N-dealkylation sites (tertiary alicyclic amines) is 1. The molecule has 0 aliphatic carbocycles. The number of anilines is 1. The van der Waals surface area contributed by atoms with Crippen molar-refractivity contribution in [1.29, 1.82) is 0 Å². The molecule has 0 atom stereocenters. The molecule has 6 heteroatoms. The highest BCUT2D eigenvalue weighted by molar-refractivity contribution is 7.10. The predicted octanol–water partition coefficient (Wildman–Crippen LogP) is 3.94. The number of fused-ring (bicyclic) bond motifs is 1. The van der Waals surface area contributed by atoms with E-state index in [0.717, 1.165) is 45.4 Å². The van der Waals surface area contributed by atoms with E-state index in [-0.39, 0.29) is 11.8 Å². The molecule has 1 aromatic carbocycles. The third-order valence-electron chi connectivity index (χ3n) is 5.20.